The van der Waals surface area contributed by atoms with Crippen LogP contribution < -0.4 is 15.3 Å². The first-order valence-electron chi connectivity index (χ1n) is 9.21. The molecule has 0 unspecified atom stereocenters. The number of para-hydroxylation sites is 1. The highest BCUT2D eigenvalue weighted by atomic mass is 16.5. The van der Waals surface area contributed by atoms with Crippen LogP contribution in [0, 0.1) is 6.92 Å². The summed E-state index contributed by atoms with van der Waals surface area (Å²) in [6.45, 7) is 6.52. The molecule has 5 rings (SSSR count). The molecular weight excluding hydrogens is 326 g/mol. The number of nitrogens with zero attached hydrogens (tertiary/aromatic N) is 1. The van der Waals surface area contributed by atoms with Crippen LogP contribution in [0.1, 0.15) is 35.4 Å². The fourth-order valence-corrected chi connectivity index (χ4v) is 4.52. The molecule has 2 aliphatic rings. The van der Waals surface area contributed by atoms with Gasteiger partial charge in [-0.3, -0.25) is 0 Å². The second-order valence-corrected chi connectivity index (χ2v) is 7.25. The Morgan fingerprint density at radius 2 is 2.00 bits per heavy atom. The van der Waals surface area contributed by atoms with Crippen molar-refractivity contribution in [3.05, 3.63) is 69.6 Å². The molecule has 1 aromatic heterocycles. The molecule has 0 amide bonds. The molecule has 132 valence electrons. The van der Waals surface area contributed by atoms with Gasteiger partial charge >= 0.3 is 5.63 Å². The van der Waals surface area contributed by atoms with Crippen LogP contribution in [0.2, 0.25) is 0 Å². The van der Waals surface area contributed by atoms with Gasteiger partial charge in [-0.1, -0.05) is 29.8 Å². The Morgan fingerprint density at radius 1 is 1.15 bits per heavy atom. The van der Waals surface area contributed by atoms with Crippen LogP contribution in [0.15, 0.2) is 51.7 Å². The van der Waals surface area contributed by atoms with Gasteiger partial charge < -0.3 is 14.1 Å². The molecule has 4 heteroatoms. The molecule has 0 spiro atoms. The van der Waals surface area contributed by atoms with E-state index in [1.807, 2.05) is 25.1 Å². The van der Waals surface area contributed by atoms with Gasteiger partial charge in [0.1, 0.15) is 11.3 Å². The zero-order chi connectivity index (χ0) is 17.8. The Balaban J connectivity index is 1.74. The Hall–Kier alpha value is -2.75. The summed E-state index contributed by atoms with van der Waals surface area (Å²) < 4.78 is 11.9. The minimum absolute atomic E-state index is 0.0924. The van der Waals surface area contributed by atoms with Crippen LogP contribution in [0.25, 0.3) is 11.0 Å². The number of hydrogen-bond donors (Lipinski definition) is 0. The molecule has 3 aromatic rings. The van der Waals surface area contributed by atoms with Gasteiger partial charge in [0.05, 0.1) is 17.6 Å². The third-order valence-electron chi connectivity index (χ3n) is 5.79. The SMILES string of the molecule is CCN1C[C@@H]2c3c(c4cc(C)ccc4oc3=O)OC[C@@H]2c2ccccc21. The lowest BCUT2D eigenvalue weighted by atomic mass is 9.76. The maximum absolute atomic E-state index is 12.9. The van der Waals surface area contributed by atoms with E-state index in [1.165, 1.54) is 11.3 Å². The van der Waals surface area contributed by atoms with Gasteiger partial charge in [0.2, 0.25) is 0 Å². The van der Waals surface area contributed by atoms with E-state index in [9.17, 15) is 4.79 Å². The molecule has 2 aromatic carbocycles. The number of likely N-dealkylation sites (N-methyl/N-ethyl adjacent to an activating group) is 1. The number of fused-ring (bicyclic) bond motifs is 7. The molecule has 0 saturated heterocycles. The van der Waals surface area contributed by atoms with Crippen LogP contribution >= 0.6 is 0 Å². The minimum atomic E-state index is -0.263. The highest BCUT2D eigenvalue weighted by Gasteiger charge is 2.41. The van der Waals surface area contributed by atoms with Crippen molar-refractivity contribution < 1.29 is 9.15 Å². The summed E-state index contributed by atoms with van der Waals surface area (Å²) in [5.74, 6) is 0.998. The van der Waals surface area contributed by atoms with E-state index in [0.717, 1.165) is 29.8 Å². The van der Waals surface area contributed by atoms with Crippen LogP contribution in [0.3, 0.4) is 0 Å². The van der Waals surface area contributed by atoms with Crippen LogP contribution in [0.5, 0.6) is 5.75 Å². The van der Waals surface area contributed by atoms with E-state index in [-0.39, 0.29) is 17.5 Å². The van der Waals surface area contributed by atoms with Gasteiger partial charge in [-0.15, -0.1) is 0 Å². The van der Waals surface area contributed by atoms with Gasteiger partial charge in [-0.2, -0.15) is 0 Å². The molecule has 0 aliphatic carbocycles. The second-order valence-electron chi connectivity index (χ2n) is 7.25. The summed E-state index contributed by atoms with van der Waals surface area (Å²) in [6, 6.07) is 14.3. The van der Waals surface area contributed by atoms with Crippen molar-refractivity contribution in [3.63, 3.8) is 0 Å². The normalized spacial score (nSPS) is 20.9. The number of aryl methyl sites for hydroxylation is 1. The van der Waals surface area contributed by atoms with E-state index in [4.69, 9.17) is 9.15 Å². The topological polar surface area (TPSA) is 42.7 Å². The third kappa shape index (κ3) is 2.11. The van der Waals surface area contributed by atoms with Gasteiger partial charge in [0.25, 0.3) is 0 Å². The third-order valence-corrected chi connectivity index (χ3v) is 5.79. The quantitative estimate of drug-likeness (QED) is 0.619. The van der Waals surface area contributed by atoms with Gasteiger partial charge in [0, 0.05) is 30.6 Å². The van der Waals surface area contributed by atoms with Crippen LogP contribution in [-0.4, -0.2) is 19.7 Å². The largest absolute Gasteiger partial charge is 0.492 e. The van der Waals surface area contributed by atoms with Crippen molar-refractivity contribution in [3.8, 4) is 5.75 Å². The Kier molecular flexibility index (Phi) is 3.36. The van der Waals surface area contributed by atoms with Crippen molar-refractivity contribution >= 4 is 16.7 Å². The van der Waals surface area contributed by atoms with E-state index in [1.54, 1.807) is 0 Å². The summed E-state index contributed by atoms with van der Waals surface area (Å²) in [4.78, 5) is 15.2. The van der Waals surface area contributed by atoms with Crippen molar-refractivity contribution in [1.82, 2.24) is 0 Å². The Morgan fingerprint density at radius 3 is 2.85 bits per heavy atom. The average molecular weight is 347 g/mol. The maximum Gasteiger partial charge on any atom is 0.343 e. The van der Waals surface area contributed by atoms with Crippen LogP contribution in [0.4, 0.5) is 5.69 Å². The average Bonchev–Trinajstić information content (AvgIpc) is 2.67. The van der Waals surface area contributed by atoms with E-state index in [0.29, 0.717) is 17.8 Å². The number of benzene rings is 2. The summed E-state index contributed by atoms with van der Waals surface area (Å²) in [5.41, 5.74) is 4.68. The predicted octanol–water partition coefficient (Wildman–Crippen LogP) is 4.20. The number of rotatable bonds is 1. The van der Waals surface area contributed by atoms with E-state index >= 15 is 0 Å². The zero-order valence-corrected chi connectivity index (χ0v) is 15.0. The first kappa shape index (κ1) is 15.5. The number of ether oxygens (including phenoxy) is 1. The predicted molar refractivity (Wildman–Crippen MR) is 103 cm³/mol. The van der Waals surface area contributed by atoms with Crippen molar-refractivity contribution in [2.24, 2.45) is 0 Å². The van der Waals surface area contributed by atoms with Crippen molar-refractivity contribution in [1.29, 1.82) is 0 Å². The molecule has 2 atom stereocenters. The smallest absolute Gasteiger partial charge is 0.343 e. The summed E-state index contributed by atoms with van der Waals surface area (Å²) in [5, 5.41) is 0.903. The molecular formula is C22H21NO3. The molecule has 0 fully saturated rings. The highest BCUT2D eigenvalue weighted by Crippen LogP contribution is 2.49. The fourth-order valence-electron chi connectivity index (χ4n) is 4.52. The zero-order valence-electron chi connectivity index (χ0n) is 15.0. The Bertz CT molecular complexity index is 1070. The van der Waals surface area contributed by atoms with Crippen molar-refractivity contribution in [2.75, 3.05) is 24.6 Å². The molecule has 4 nitrogen and oxygen atoms in total. The maximum atomic E-state index is 12.9. The lowest BCUT2D eigenvalue weighted by Gasteiger charge is -2.43. The van der Waals surface area contributed by atoms with Crippen LogP contribution in [-0.2, 0) is 0 Å². The number of anilines is 1. The molecule has 0 bridgehead atoms. The first-order valence-corrected chi connectivity index (χ1v) is 9.21. The molecule has 3 heterocycles. The molecule has 0 saturated carbocycles. The minimum Gasteiger partial charge on any atom is -0.492 e. The summed E-state index contributed by atoms with van der Waals surface area (Å²) in [7, 11) is 0. The lowest BCUT2D eigenvalue weighted by Crippen LogP contribution is -2.42. The summed E-state index contributed by atoms with van der Waals surface area (Å²) >= 11 is 0. The Labute approximate surface area is 152 Å². The van der Waals surface area contributed by atoms with Gasteiger partial charge in [0.15, 0.2) is 0 Å². The van der Waals surface area contributed by atoms with Gasteiger partial charge in [-0.05, 0) is 37.6 Å². The van der Waals surface area contributed by atoms with Crippen molar-refractivity contribution in [2.45, 2.75) is 25.7 Å². The highest BCUT2D eigenvalue weighted by molar-refractivity contribution is 5.86. The molecule has 26 heavy (non-hydrogen) atoms. The standard InChI is InChI=1S/C22H21NO3/c1-3-23-11-16-17(14-6-4-5-7-18(14)23)12-25-21-15-10-13(2)8-9-19(15)26-22(24)20(16)21/h4-10,16-17H,3,11-12H2,1-2H3/t16-,17+/m0/s1. The lowest BCUT2D eigenvalue weighted by molar-refractivity contribution is 0.231. The second kappa shape index (κ2) is 5.63. The molecule has 2 aliphatic heterocycles. The summed E-state index contributed by atoms with van der Waals surface area (Å²) in [6.07, 6.45) is 0. The molecule has 0 N–H and O–H groups in total. The number of hydrogen-bond acceptors (Lipinski definition) is 4. The molecule has 0 radical (unpaired) electrons. The fraction of sp³-hybridized carbons (Fsp3) is 0.318. The monoisotopic (exact) mass is 347 g/mol. The van der Waals surface area contributed by atoms with E-state index < -0.39 is 0 Å². The first-order chi connectivity index (χ1) is 12.7. The van der Waals surface area contributed by atoms with E-state index in [2.05, 4.69) is 36.1 Å². The van der Waals surface area contributed by atoms with Gasteiger partial charge in [-0.25, -0.2) is 4.79 Å².